The summed E-state index contributed by atoms with van der Waals surface area (Å²) in [7, 11) is 0. The summed E-state index contributed by atoms with van der Waals surface area (Å²) in [5, 5.41) is 6.77. The van der Waals surface area contributed by atoms with Crippen LogP contribution < -0.4 is 16.6 Å². The number of aryl methyl sites for hydroxylation is 2. The molecule has 0 saturated heterocycles. The molecule has 0 saturated carbocycles. The van der Waals surface area contributed by atoms with Gasteiger partial charge in [0.1, 0.15) is 11.6 Å². The summed E-state index contributed by atoms with van der Waals surface area (Å²) in [6.07, 6.45) is 1.46. The first kappa shape index (κ1) is 14.0. The van der Waals surface area contributed by atoms with E-state index in [4.69, 9.17) is 10.4 Å². The van der Waals surface area contributed by atoms with Crippen LogP contribution in [0.5, 0.6) is 0 Å². The van der Waals surface area contributed by atoms with E-state index in [-0.39, 0.29) is 11.9 Å². The molecule has 2 aromatic heterocycles. The molecule has 2 aromatic rings. The van der Waals surface area contributed by atoms with Crippen LogP contribution in [0.1, 0.15) is 40.3 Å². The number of carbonyl (C=O) groups is 1. The van der Waals surface area contributed by atoms with E-state index in [9.17, 15) is 4.79 Å². The number of nitrogens with two attached hydrogens (primary N) is 1. The van der Waals surface area contributed by atoms with E-state index in [1.54, 1.807) is 12.1 Å². The molecule has 1 amide bonds. The van der Waals surface area contributed by atoms with Gasteiger partial charge in [0.05, 0.1) is 17.3 Å². The maximum absolute atomic E-state index is 12.1. The molecule has 7 nitrogen and oxygen atoms in total. The Morgan fingerprint density at radius 1 is 1.40 bits per heavy atom. The molecule has 0 aliphatic heterocycles. The number of rotatable bonds is 4. The first-order chi connectivity index (χ1) is 9.52. The van der Waals surface area contributed by atoms with Crippen molar-refractivity contribution in [1.82, 2.24) is 15.5 Å². The molecule has 20 heavy (non-hydrogen) atoms. The Balaban J connectivity index is 2.11. The van der Waals surface area contributed by atoms with Gasteiger partial charge in [-0.05, 0) is 32.9 Å². The Bertz CT molecular complexity index is 586. The van der Waals surface area contributed by atoms with Crippen molar-refractivity contribution in [2.45, 2.75) is 26.8 Å². The number of carbonyl (C=O) groups excluding carboxylic acids is 1. The van der Waals surface area contributed by atoms with Crippen molar-refractivity contribution in [3.63, 3.8) is 0 Å². The molecule has 0 aliphatic rings. The third kappa shape index (κ3) is 2.77. The van der Waals surface area contributed by atoms with Crippen molar-refractivity contribution in [3.8, 4) is 0 Å². The highest BCUT2D eigenvalue weighted by Crippen LogP contribution is 2.21. The number of anilines is 1. The van der Waals surface area contributed by atoms with Gasteiger partial charge in [-0.1, -0.05) is 5.16 Å². The summed E-state index contributed by atoms with van der Waals surface area (Å²) in [4.78, 5) is 16.1. The Labute approximate surface area is 116 Å². The van der Waals surface area contributed by atoms with Gasteiger partial charge < -0.3 is 15.3 Å². The first-order valence-corrected chi connectivity index (χ1v) is 6.19. The highest BCUT2D eigenvalue weighted by molar-refractivity contribution is 5.94. The number of nitrogens with zero attached hydrogens (tertiary/aromatic N) is 2. The minimum atomic E-state index is -0.214. The molecule has 0 radical (unpaired) electrons. The predicted molar refractivity (Wildman–Crippen MR) is 73.9 cm³/mol. The molecule has 0 fully saturated rings. The van der Waals surface area contributed by atoms with E-state index in [1.165, 1.54) is 6.20 Å². The first-order valence-electron chi connectivity index (χ1n) is 6.19. The molecule has 0 bridgehead atoms. The minimum Gasteiger partial charge on any atom is -0.361 e. The lowest BCUT2D eigenvalue weighted by molar-refractivity contribution is 0.0939. The number of pyridine rings is 1. The monoisotopic (exact) mass is 275 g/mol. The molecular formula is C13H17N5O2. The average molecular weight is 275 g/mol. The third-order valence-corrected chi connectivity index (χ3v) is 3.04. The van der Waals surface area contributed by atoms with E-state index in [1.807, 2.05) is 20.8 Å². The molecule has 0 aliphatic carbocycles. The maximum atomic E-state index is 12.1. The molecule has 4 N–H and O–H groups in total. The van der Waals surface area contributed by atoms with Crippen molar-refractivity contribution in [2.75, 3.05) is 5.43 Å². The second kappa shape index (κ2) is 5.70. The summed E-state index contributed by atoms with van der Waals surface area (Å²) in [6, 6.07) is 3.09. The van der Waals surface area contributed by atoms with Crippen molar-refractivity contribution >= 4 is 11.7 Å². The number of hydrogen-bond acceptors (Lipinski definition) is 6. The number of hydrazine groups is 1. The van der Waals surface area contributed by atoms with Gasteiger partial charge in [-0.2, -0.15) is 0 Å². The summed E-state index contributed by atoms with van der Waals surface area (Å²) in [6.45, 7) is 5.55. The molecule has 7 heteroatoms. The topological polar surface area (TPSA) is 106 Å². The van der Waals surface area contributed by atoms with E-state index in [2.05, 4.69) is 20.9 Å². The van der Waals surface area contributed by atoms with Crippen molar-refractivity contribution < 1.29 is 9.32 Å². The van der Waals surface area contributed by atoms with Gasteiger partial charge in [0.2, 0.25) is 0 Å². The number of amides is 1. The van der Waals surface area contributed by atoms with E-state index in [0.29, 0.717) is 17.1 Å². The number of nitrogen functional groups attached to an aromatic ring is 1. The van der Waals surface area contributed by atoms with Crippen LogP contribution in [0.3, 0.4) is 0 Å². The average Bonchev–Trinajstić information content (AvgIpc) is 2.78. The normalized spacial score (nSPS) is 12.0. The molecule has 2 rings (SSSR count). The van der Waals surface area contributed by atoms with Gasteiger partial charge in [0.25, 0.3) is 5.91 Å². The molecule has 106 valence electrons. The van der Waals surface area contributed by atoms with Crippen molar-refractivity contribution in [3.05, 3.63) is 40.9 Å². The van der Waals surface area contributed by atoms with Crippen LogP contribution in [0.25, 0.3) is 0 Å². The highest BCUT2D eigenvalue weighted by Gasteiger charge is 2.18. The molecular weight excluding hydrogens is 258 g/mol. The lowest BCUT2D eigenvalue weighted by Crippen LogP contribution is -2.27. The molecule has 0 spiro atoms. The van der Waals surface area contributed by atoms with E-state index >= 15 is 0 Å². The predicted octanol–water partition coefficient (Wildman–Crippen LogP) is 1.46. The van der Waals surface area contributed by atoms with Gasteiger partial charge in [-0.15, -0.1) is 0 Å². The number of aromatic nitrogens is 2. The largest absolute Gasteiger partial charge is 0.361 e. The lowest BCUT2D eigenvalue weighted by Gasteiger charge is -2.13. The van der Waals surface area contributed by atoms with Gasteiger partial charge >= 0.3 is 0 Å². The Hall–Kier alpha value is -2.41. The third-order valence-electron chi connectivity index (χ3n) is 3.04. The van der Waals surface area contributed by atoms with Crippen LogP contribution in [0.4, 0.5) is 5.82 Å². The zero-order valence-corrected chi connectivity index (χ0v) is 11.6. The number of hydrogen-bond donors (Lipinski definition) is 3. The van der Waals surface area contributed by atoms with E-state index in [0.717, 1.165) is 11.3 Å². The van der Waals surface area contributed by atoms with Crippen LogP contribution in [-0.2, 0) is 0 Å². The minimum absolute atomic E-state index is 0.193. The van der Waals surface area contributed by atoms with Gasteiger partial charge in [-0.3, -0.25) is 4.79 Å². The Morgan fingerprint density at radius 3 is 2.65 bits per heavy atom. The highest BCUT2D eigenvalue weighted by atomic mass is 16.5. The second-order valence-corrected chi connectivity index (χ2v) is 4.51. The lowest BCUT2D eigenvalue weighted by atomic mass is 10.1. The Kier molecular flexibility index (Phi) is 3.99. The second-order valence-electron chi connectivity index (χ2n) is 4.51. The summed E-state index contributed by atoms with van der Waals surface area (Å²) < 4.78 is 5.10. The molecule has 1 atom stereocenters. The maximum Gasteiger partial charge on any atom is 0.253 e. The van der Waals surface area contributed by atoms with Crippen molar-refractivity contribution in [1.29, 1.82) is 0 Å². The van der Waals surface area contributed by atoms with E-state index < -0.39 is 0 Å². The van der Waals surface area contributed by atoms with Crippen LogP contribution in [-0.4, -0.2) is 16.0 Å². The summed E-state index contributed by atoms with van der Waals surface area (Å²) in [5.74, 6) is 6.21. The smallest absolute Gasteiger partial charge is 0.253 e. The fourth-order valence-corrected chi connectivity index (χ4v) is 2.07. The standard InChI is InChI=1S/C13H17N5O2/c1-7(12-8(2)18-20-9(12)3)16-13(19)10-4-5-11(17-14)15-6-10/h4-7H,14H2,1-3H3,(H,15,17)(H,16,19). The quantitative estimate of drug-likeness (QED) is 0.576. The fourth-order valence-electron chi connectivity index (χ4n) is 2.07. The van der Waals surface area contributed by atoms with Gasteiger partial charge in [0.15, 0.2) is 0 Å². The van der Waals surface area contributed by atoms with Crippen LogP contribution in [0, 0.1) is 13.8 Å². The van der Waals surface area contributed by atoms with Crippen LogP contribution in [0.15, 0.2) is 22.9 Å². The molecule has 2 heterocycles. The Morgan fingerprint density at radius 2 is 2.15 bits per heavy atom. The zero-order chi connectivity index (χ0) is 14.7. The zero-order valence-electron chi connectivity index (χ0n) is 11.6. The van der Waals surface area contributed by atoms with Crippen LogP contribution >= 0.6 is 0 Å². The van der Waals surface area contributed by atoms with Crippen LogP contribution in [0.2, 0.25) is 0 Å². The summed E-state index contributed by atoms with van der Waals surface area (Å²) >= 11 is 0. The van der Waals surface area contributed by atoms with Gasteiger partial charge in [0, 0.05) is 11.8 Å². The summed E-state index contributed by atoms with van der Waals surface area (Å²) in [5.41, 5.74) is 4.54. The number of nitrogens with one attached hydrogen (secondary N) is 2. The van der Waals surface area contributed by atoms with Crippen molar-refractivity contribution in [2.24, 2.45) is 5.84 Å². The fraction of sp³-hybridized carbons (Fsp3) is 0.308. The molecule has 0 aromatic carbocycles. The molecule has 1 unspecified atom stereocenters. The SMILES string of the molecule is Cc1noc(C)c1C(C)NC(=O)c1ccc(NN)nc1. The van der Waals surface area contributed by atoms with Gasteiger partial charge in [-0.25, -0.2) is 10.8 Å².